The Morgan fingerprint density at radius 2 is 2.14 bits per heavy atom. The third-order valence-electron chi connectivity index (χ3n) is 2.72. The molecule has 1 aromatic heterocycles. The number of carboxylic acids is 1. The summed E-state index contributed by atoms with van der Waals surface area (Å²) in [6.07, 6.45) is -3.15. The van der Waals surface area contributed by atoms with Crippen molar-refractivity contribution in [1.29, 1.82) is 0 Å². The highest BCUT2D eigenvalue weighted by atomic mass is 19.4. The smallest absolute Gasteiger partial charge is 0.416 e. The Kier molecular flexibility index (Phi) is 3.88. The molecule has 2 rings (SSSR count). The minimum atomic E-state index is -4.45. The van der Waals surface area contributed by atoms with Crippen LogP contribution in [0.15, 0.2) is 30.5 Å². The van der Waals surface area contributed by atoms with Crippen LogP contribution in [-0.2, 0) is 19.8 Å². The fraction of sp³-hybridized carbons (Fsp3) is 0.231. The number of hydrogen-bond acceptors (Lipinski definition) is 3. The van der Waals surface area contributed by atoms with Gasteiger partial charge in [-0.3, -0.25) is 0 Å². The van der Waals surface area contributed by atoms with Crippen LogP contribution in [0.4, 0.5) is 13.2 Å². The lowest BCUT2D eigenvalue weighted by molar-refractivity contribution is -0.137. The quantitative estimate of drug-likeness (QED) is 0.943. The highest BCUT2D eigenvalue weighted by Crippen LogP contribution is 2.31. The van der Waals surface area contributed by atoms with Gasteiger partial charge in [0.05, 0.1) is 5.56 Å². The average molecular weight is 300 g/mol. The summed E-state index contributed by atoms with van der Waals surface area (Å²) in [4.78, 5) is 14.6. The lowest BCUT2D eigenvalue weighted by Gasteiger charge is -2.10. The number of hydrogen-bond donors (Lipinski definition) is 1. The van der Waals surface area contributed by atoms with Crippen molar-refractivity contribution in [2.45, 2.75) is 12.8 Å². The summed E-state index contributed by atoms with van der Waals surface area (Å²) in [5.41, 5.74) is -0.966. The van der Waals surface area contributed by atoms with Gasteiger partial charge in [0, 0.05) is 13.2 Å². The highest BCUT2D eigenvalue weighted by molar-refractivity contribution is 5.85. The van der Waals surface area contributed by atoms with Gasteiger partial charge in [-0.25, -0.2) is 9.78 Å². The van der Waals surface area contributed by atoms with Crippen molar-refractivity contribution in [3.63, 3.8) is 0 Å². The highest BCUT2D eigenvalue weighted by Gasteiger charge is 2.30. The zero-order chi connectivity index (χ0) is 15.6. The molecule has 8 heteroatoms. The van der Waals surface area contributed by atoms with Gasteiger partial charge in [-0.1, -0.05) is 6.07 Å². The average Bonchev–Trinajstić information content (AvgIpc) is 2.77. The number of alkyl halides is 3. The molecular formula is C13H11F3N2O3. The number of carbonyl (C=O) groups is 1. The SMILES string of the molecule is Cn1cc(C(=O)O)nc1COc1cccc(C(F)(F)F)c1. The lowest BCUT2D eigenvalue weighted by atomic mass is 10.2. The van der Waals surface area contributed by atoms with E-state index in [0.29, 0.717) is 5.82 Å². The molecule has 0 spiro atoms. The van der Waals surface area contributed by atoms with E-state index in [1.54, 1.807) is 7.05 Å². The monoisotopic (exact) mass is 300 g/mol. The number of aromatic nitrogens is 2. The number of imidazole rings is 1. The summed E-state index contributed by atoms with van der Waals surface area (Å²) in [5, 5.41) is 8.79. The van der Waals surface area contributed by atoms with E-state index in [2.05, 4.69) is 4.98 Å². The Hall–Kier alpha value is -2.51. The Balaban J connectivity index is 2.12. The summed E-state index contributed by atoms with van der Waals surface area (Å²) < 4.78 is 44.3. The zero-order valence-electron chi connectivity index (χ0n) is 10.9. The Morgan fingerprint density at radius 1 is 1.43 bits per heavy atom. The van der Waals surface area contributed by atoms with Crippen molar-refractivity contribution in [1.82, 2.24) is 9.55 Å². The van der Waals surface area contributed by atoms with Crippen LogP contribution in [0.5, 0.6) is 5.75 Å². The molecule has 1 N–H and O–H groups in total. The summed E-state index contributed by atoms with van der Waals surface area (Å²) in [6, 6.07) is 4.44. The maximum absolute atomic E-state index is 12.6. The number of aromatic carboxylic acids is 1. The molecule has 0 atom stereocenters. The molecule has 0 unspecified atom stereocenters. The van der Waals surface area contributed by atoms with Crippen molar-refractivity contribution in [3.05, 3.63) is 47.5 Å². The van der Waals surface area contributed by atoms with E-state index in [4.69, 9.17) is 9.84 Å². The fourth-order valence-corrected chi connectivity index (χ4v) is 1.65. The van der Waals surface area contributed by atoms with Crippen LogP contribution >= 0.6 is 0 Å². The Bertz CT molecular complexity index is 665. The van der Waals surface area contributed by atoms with Crippen molar-refractivity contribution in [3.8, 4) is 5.75 Å². The molecule has 0 fully saturated rings. The van der Waals surface area contributed by atoms with Gasteiger partial charge in [-0.05, 0) is 18.2 Å². The van der Waals surface area contributed by atoms with E-state index in [-0.39, 0.29) is 18.1 Å². The maximum Gasteiger partial charge on any atom is 0.416 e. The number of nitrogens with zero attached hydrogens (tertiary/aromatic N) is 2. The van der Waals surface area contributed by atoms with Gasteiger partial charge in [0.25, 0.3) is 0 Å². The predicted molar refractivity (Wildman–Crippen MR) is 65.9 cm³/mol. The first-order valence-electron chi connectivity index (χ1n) is 5.83. The second-order valence-electron chi connectivity index (χ2n) is 4.27. The molecule has 0 amide bonds. The molecular weight excluding hydrogens is 289 g/mol. The van der Waals surface area contributed by atoms with Gasteiger partial charge in [-0.2, -0.15) is 13.2 Å². The molecule has 0 bridgehead atoms. The van der Waals surface area contributed by atoms with Gasteiger partial charge in [0.15, 0.2) is 5.69 Å². The third kappa shape index (κ3) is 3.53. The summed E-state index contributed by atoms with van der Waals surface area (Å²) >= 11 is 0. The van der Waals surface area contributed by atoms with Crippen molar-refractivity contribution >= 4 is 5.97 Å². The summed E-state index contributed by atoms with van der Waals surface area (Å²) in [5.74, 6) is -0.856. The zero-order valence-corrected chi connectivity index (χ0v) is 10.9. The van der Waals surface area contributed by atoms with E-state index >= 15 is 0 Å². The van der Waals surface area contributed by atoms with E-state index in [9.17, 15) is 18.0 Å². The number of aryl methyl sites for hydroxylation is 1. The number of ether oxygens (including phenoxy) is 1. The van der Waals surface area contributed by atoms with E-state index in [0.717, 1.165) is 12.1 Å². The van der Waals surface area contributed by atoms with Crippen LogP contribution in [0.2, 0.25) is 0 Å². The second kappa shape index (κ2) is 5.47. The molecule has 5 nitrogen and oxygen atoms in total. The van der Waals surface area contributed by atoms with Crippen LogP contribution in [0, 0.1) is 0 Å². The first-order valence-corrected chi connectivity index (χ1v) is 5.83. The molecule has 2 aromatic rings. The maximum atomic E-state index is 12.6. The van der Waals surface area contributed by atoms with Gasteiger partial charge in [0.1, 0.15) is 18.2 Å². The summed E-state index contributed by atoms with van der Waals surface area (Å²) in [6.45, 7) is -0.134. The van der Waals surface area contributed by atoms with Crippen LogP contribution < -0.4 is 4.74 Å². The number of rotatable bonds is 4. The van der Waals surface area contributed by atoms with Crippen LogP contribution in [0.25, 0.3) is 0 Å². The van der Waals surface area contributed by atoms with Gasteiger partial charge >= 0.3 is 12.1 Å². The van der Waals surface area contributed by atoms with Crippen LogP contribution in [0.3, 0.4) is 0 Å². The standard InChI is InChI=1S/C13H11F3N2O3/c1-18-6-10(12(19)20)17-11(18)7-21-9-4-2-3-8(5-9)13(14,15)16/h2-6H,7H2,1H3,(H,19,20). The lowest BCUT2D eigenvalue weighted by Crippen LogP contribution is -2.06. The number of carboxylic acid groups (broad SMARTS) is 1. The molecule has 21 heavy (non-hydrogen) atoms. The number of benzene rings is 1. The molecule has 1 aromatic carbocycles. The van der Waals surface area contributed by atoms with Crippen LogP contribution in [0.1, 0.15) is 21.9 Å². The molecule has 0 saturated heterocycles. The molecule has 0 aliphatic carbocycles. The van der Waals surface area contributed by atoms with E-state index in [1.807, 2.05) is 0 Å². The molecule has 0 aliphatic heterocycles. The topological polar surface area (TPSA) is 64.4 Å². The molecule has 0 radical (unpaired) electrons. The fourth-order valence-electron chi connectivity index (χ4n) is 1.65. The van der Waals surface area contributed by atoms with E-state index < -0.39 is 17.7 Å². The van der Waals surface area contributed by atoms with E-state index in [1.165, 1.54) is 22.9 Å². The summed E-state index contributed by atoms with van der Waals surface area (Å²) in [7, 11) is 1.57. The molecule has 112 valence electrons. The largest absolute Gasteiger partial charge is 0.486 e. The first-order chi connectivity index (χ1) is 9.77. The normalized spacial score (nSPS) is 11.4. The third-order valence-corrected chi connectivity index (χ3v) is 2.72. The van der Waals surface area contributed by atoms with Crippen molar-refractivity contribution < 1.29 is 27.8 Å². The second-order valence-corrected chi connectivity index (χ2v) is 4.27. The molecule has 0 aliphatic rings. The number of halogens is 3. The first kappa shape index (κ1) is 14.9. The van der Waals surface area contributed by atoms with Gasteiger partial charge in [0.2, 0.25) is 0 Å². The minimum absolute atomic E-state index is 0.0321. The van der Waals surface area contributed by atoms with Crippen molar-refractivity contribution in [2.75, 3.05) is 0 Å². The van der Waals surface area contributed by atoms with Gasteiger partial charge < -0.3 is 14.4 Å². The molecule has 0 saturated carbocycles. The Labute approximate surface area is 117 Å². The van der Waals surface area contributed by atoms with Gasteiger partial charge in [-0.15, -0.1) is 0 Å². The minimum Gasteiger partial charge on any atom is -0.486 e. The predicted octanol–water partition coefficient (Wildman–Crippen LogP) is 2.72. The van der Waals surface area contributed by atoms with Crippen LogP contribution in [-0.4, -0.2) is 20.6 Å². The van der Waals surface area contributed by atoms with Crippen molar-refractivity contribution in [2.24, 2.45) is 7.05 Å². The Morgan fingerprint density at radius 3 is 2.71 bits per heavy atom. The molecule has 1 heterocycles.